The number of piperidine rings is 1. The molecular formula is C14H22N2O. The molecule has 0 bridgehead atoms. The van der Waals surface area contributed by atoms with Gasteiger partial charge in [0.2, 0.25) is 0 Å². The van der Waals surface area contributed by atoms with E-state index in [-0.39, 0.29) is 0 Å². The Hall–Kier alpha value is -1.22. The molecule has 0 unspecified atom stereocenters. The Labute approximate surface area is 104 Å². The van der Waals surface area contributed by atoms with Crippen LogP contribution in [0.1, 0.15) is 19.8 Å². The molecule has 3 nitrogen and oxygen atoms in total. The van der Waals surface area contributed by atoms with Crippen molar-refractivity contribution in [2.45, 2.75) is 25.8 Å². The molecule has 0 aromatic heterocycles. The van der Waals surface area contributed by atoms with Gasteiger partial charge in [-0.3, -0.25) is 0 Å². The molecular weight excluding hydrogens is 212 g/mol. The molecule has 0 spiro atoms. The van der Waals surface area contributed by atoms with Crippen molar-refractivity contribution >= 4 is 5.69 Å². The molecule has 94 valence electrons. The van der Waals surface area contributed by atoms with Gasteiger partial charge < -0.3 is 15.0 Å². The SMILES string of the molecule is CCOc1cccc(N2CCC(NC)CC2)c1. The summed E-state index contributed by atoms with van der Waals surface area (Å²) in [5.74, 6) is 0.973. The number of hydrogen-bond donors (Lipinski definition) is 1. The molecule has 17 heavy (non-hydrogen) atoms. The Morgan fingerprint density at radius 3 is 2.76 bits per heavy atom. The normalized spacial score (nSPS) is 17.2. The van der Waals surface area contributed by atoms with Gasteiger partial charge in [0.25, 0.3) is 0 Å². The largest absolute Gasteiger partial charge is 0.494 e. The Morgan fingerprint density at radius 1 is 1.35 bits per heavy atom. The average Bonchev–Trinajstić information content (AvgIpc) is 2.40. The summed E-state index contributed by atoms with van der Waals surface area (Å²) in [5, 5.41) is 3.36. The van der Waals surface area contributed by atoms with Crippen LogP contribution in [0.2, 0.25) is 0 Å². The molecule has 0 atom stereocenters. The number of rotatable bonds is 4. The van der Waals surface area contributed by atoms with Crippen molar-refractivity contribution < 1.29 is 4.74 Å². The van der Waals surface area contributed by atoms with Crippen LogP contribution in [0.4, 0.5) is 5.69 Å². The maximum Gasteiger partial charge on any atom is 0.121 e. The lowest BCUT2D eigenvalue weighted by molar-refractivity contribution is 0.340. The van der Waals surface area contributed by atoms with Crippen LogP contribution < -0.4 is 15.0 Å². The zero-order chi connectivity index (χ0) is 12.1. The van der Waals surface area contributed by atoms with Crippen LogP contribution in [-0.2, 0) is 0 Å². The minimum absolute atomic E-state index is 0.682. The summed E-state index contributed by atoms with van der Waals surface area (Å²) in [6.07, 6.45) is 2.44. The zero-order valence-corrected chi connectivity index (χ0v) is 10.8. The average molecular weight is 234 g/mol. The van der Waals surface area contributed by atoms with E-state index in [0.29, 0.717) is 6.04 Å². The van der Waals surface area contributed by atoms with Gasteiger partial charge in [-0.1, -0.05) is 6.07 Å². The van der Waals surface area contributed by atoms with E-state index >= 15 is 0 Å². The second kappa shape index (κ2) is 5.92. The lowest BCUT2D eigenvalue weighted by atomic mass is 10.0. The van der Waals surface area contributed by atoms with E-state index in [1.807, 2.05) is 13.0 Å². The van der Waals surface area contributed by atoms with Crippen molar-refractivity contribution in [3.8, 4) is 5.75 Å². The predicted molar refractivity (Wildman–Crippen MR) is 71.9 cm³/mol. The van der Waals surface area contributed by atoms with Crippen LogP contribution in [0.15, 0.2) is 24.3 Å². The highest BCUT2D eigenvalue weighted by Gasteiger charge is 2.17. The quantitative estimate of drug-likeness (QED) is 0.865. The lowest BCUT2D eigenvalue weighted by Gasteiger charge is -2.33. The molecule has 1 aromatic rings. The second-order valence-electron chi connectivity index (χ2n) is 4.48. The minimum Gasteiger partial charge on any atom is -0.494 e. The van der Waals surface area contributed by atoms with Crippen molar-refractivity contribution in [1.29, 1.82) is 0 Å². The van der Waals surface area contributed by atoms with E-state index < -0.39 is 0 Å². The molecule has 1 aliphatic heterocycles. The summed E-state index contributed by atoms with van der Waals surface area (Å²) in [5.41, 5.74) is 1.28. The van der Waals surface area contributed by atoms with Crippen LogP contribution in [0.3, 0.4) is 0 Å². The van der Waals surface area contributed by atoms with Crippen LogP contribution in [0.25, 0.3) is 0 Å². The second-order valence-corrected chi connectivity index (χ2v) is 4.48. The molecule has 0 saturated carbocycles. The highest BCUT2D eigenvalue weighted by Crippen LogP contribution is 2.24. The molecule has 1 saturated heterocycles. The summed E-state index contributed by atoms with van der Waals surface area (Å²) in [4.78, 5) is 2.44. The minimum atomic E-state index is 0.682. The van der Waals surface area contributed by atoms with Crippen LogP contribution in [0.5, 0.6) is 5.75 Å². The monoisotopic (exact) mass is 234 g/mol. The van der Waals surface area contributed by atoms with Gasteiger partial charge >= 0.3 is 0 Å². The summed E-state index contributed by atoms with van der Waals surface area (Å²) < 4.78 is 5.54. The molecule has 1 aliphatic rings. The molecule has 1 heterocycles. The fourth-order valence-corrected chi connectivity index (χ4v) is 2.36. The third-order valence-electron chi connectivity index (χ3n) is 3.40. The first-order chi connectivity index (χ1) is 8.33. The first-order valence-corrected chi connectivity index (χ1v) is 6.48. The number of anilines is 1. The molecule has 2 rings (SSSR count). The smallest absolute Gasteiger partial charge is 0.121 e. The molecule has 3 heteroatoms. The third-order valence-corrected chi connectivity index (χ3v) is 3.40. The van der Waals surface area contributed by atoms with Gasteiger partial charge in [0.15, 0.2) is 0 Å². The number of benzene rings is 1. The number of nitrogens with one attached hydrogen (secondary N) is 1. The van der Waals surface area contributed by atoms with Crippen molar-refractivity contribution in [2.75, 3.05) is 31.6 Å². The van der Waals surface area contributed by atoms with E-state index in [2.05, 4.69) is 35.5 Å². The Balaban J connectivity index is 2.00. The maximum atomic E-state index is 5.54. The van der Waals surface area contributed by atoms with Crippen molar-refractivity contribution in [3.63, 3.8) is 0 Å². The van der Waals surface area contributed by atoms with Crippen LogP contribution >= 0.6 is 0 Å². The Morgan fingerprint density at radius 2 is 2.12 bits per heavy atom. The third kappa shape index (κ3) is 3.13. The highest BCUT2D eigenvalue weighted by atomic mass is 16.5. The standard InChI is InChI=1S/C14H22N2O/c1-3-17-14-6-4-5-13(11-14)16-9-7-12(15-2)8-10-16/h4-6,11-12,15H,3,7-10H2,1-2H3. The van der Waals surface area contributed by atoms with Crippen LogP contribution in [-0.4, -0.2) is 32.8 Å². The summed E-state index contributed by atoms with van der Waals surface area (Å²) in [6, 6.07) is 9.09. The number of nitrogens with zero attached hydrogens (tertiary/aromatic N) is 1. The van der Waals surface area contributed by atoms with Crippen molar-refractivity contribution in [1.82, 2.24) is 5.32 Å². The molecule has 1 aromatic carbocycles. The van der Waals surface area contributed by atoms with E-state index in [1.54, 1.807) is 0 Å². The van der Waals surface area contributed by atoms with Crippen molar-refractivity contribution in [2.24, 2.45) is 0 Å². The summed E-state index contributed by atoms with van der Waals surface area (Å²) in [7, 11) is 2.05. The Kier molecular flexibility index (Phi) is 4.26. The summed E-state index contributed by atoms with van der Waals surface area (Å²) >= 11 is 0. The van der Waals surface area contributed by atoms with Gasteiger partial charge in [-0.15, -0.1) is 0 Å². The van der Waals surface area contributed by atoms with Gasteiger partial charge in [0.05, 0.1) is 6.61 Å². The number of hydrogen-bond acceptors (Lipinski definition) is 3. The molecule has 1 N–H and O–H groups in total. The lowest BCUT2D eigenvalue weighted by Crippen LogP contribution is -2.41. The highest BCUT2D eigenvalue weighted by molar-refractivity contribution is 5.51. The first kappa shape index (κ1) is 12.2. The van der Waals surface area contributed by atoms with Gasteiger partial charge in [-0.2, -0.15) is 0 Å². The van der Waals surface area contributed by atoms with Gasteiger partial charge in [-0.05, 0) is 38.9 Å². The van der Waals surface area contributed by atoms with Gasteiger partial charge in [0, 0.05) is 30.9 Å². The van der Waals surface area contributed by atoms with E-state index in [4.69, 9.17) is 4.74 Å². The van der Waals surface area contributed by atoms with E-state index in [1.165, 1.54) is 18.5 Å². The van der Waals surface area contributed by atoms with Gasteiger partial charge in [0.1, 0.15) is 5.75 Å². The van der Waals surface area contributed by atoms with Crippen LogP contribution in [0, 0.1) is 0 Å². The fraction of sp³-hybridized carbons (Fsp3) is 0.571. The zero-order valence-electron chi connectivity index (χ0n) is 10.8. The fourth-order valence-electron chi connectivity index (χ4n) is 2.36. The topological polar surface area (TPSA) is 24.5 Å². The first-order valence-electron chi connectivity index (χ1n) is 6.48. The van der Waals surface area contributed by atoms with Crippen molar-refractivity contribution in [3.05, 3.63) is 24.3 Å². The number of ether oxygens (including phenoxy) is 1. The predicted octanol–water partition coefficient (Wildman–Crippen LogP) is 2.27. The Bertz CT molecular complexity index is 346. The molecule has 0 amide bonds. The van der Waals surface area contributed by atoms with E-state index in [0.717, 1.165) is 25.4 Å². The van der Waals surface area contributed by atoms with E-state index in [9.17, 15) is 0 Å². The molecule has 1 fully saturated rings. The summed E-state index contributed by atoms with van der Waals surface area (Å²) in [6.45, 7) is 5.00. The molecule has 0 radical (unpaired) electrons. The van der Waals surface area contributed by atoms with Gasteiger partial charge in [-0.25, -0.2) is 0 Å². The maximum absolute atomic E-state index is 5.54. The molecule has 0 aliphatic carbocycles.